The Morgan fingerprint density at radius 1 is 0.762 bits per heavy atom. The van der Waals surface area contributed by atoms with Crippen LogP contribution in [0.25, 0.3) is 0 Å². The van der Waals surface area contributed by atoms with Crippen molar-refractivity contribution in [2.45, 2.75) is 84.5 Å². The normalized spacial score (nSPS) is 11.5. The van der Waals surface area contributed by atoms with Gasteiger partial charge in [-0.15, -0.1) is 0 Å². The van der Waals surface area contributed by atoms with E-state index < -0.39 is 0 Å². The highest BCUT2D eigenvalue weighted by molar-refractivity contribution is 5.71. The topological polar surface area (TPSA) is 26.3 Å². The first-order chi connectivity index (χ1) is 10.3. The van der Waals surface area contributed by atoms with Crippen molar-refractivity contribution in [3.63, 3.8) is 0 Å². The SMILES string of the molecule is CCCC/C=C/CC(=O)OC/C=C/CCCCCCCC. The van der Waals surface area contributed by atoms with Crippen LogP contribution in [0.15, 0.2) is 24.3 Å². The van der Waals surface area contributed by atoms with Crippen LogP contribution in [0.1, 0.15) is 84.5 Å². The molecule has 0 fully saturated rings. The van der Waals surface area contributed by atoms with Gasteiger partial charge >= 0.3 is 5.97 Å². The molecule has 0 aromatic heterocycles. The second-order valence-corrected chi connectivity index (χ2v) is 5.53. The average molecular weight is 294 g/mol. The molecule has 0 radical (unpaired) electrons. The lowest BCUT2D eigenvalue weighted by atomic mass is 10.1. The summed E-state index contributed by atoms with van der Waals surface area (Å²) in [4.78, 5) is 11.4. The van der Waals surface area contributed by atoms with Gasteiger partial charge in [0.1, 0.15) is 6.61 Å². The molecule has 0 aromatic carbocycles. The Morgan fingerprint density at radius 3 is 2.14 bits per heavy atom. The molecule has 21 heavy (non-hydrogen) atoms. The summed E-state index contributed by atoms with van der Waals surface area (Å²) in [6.07, 6.45) is 20.9. The number of allylic oxidation sites excluding steroid dienone is 2. The minimum atomic E-state index is -0.132. The number of unbranched alkanes of at least 4 members (excludes halogenated alkanes) is 8. The van der Waals surface area contributed by atoms with Gasteiger partial charge in [-0.25, -0.2) is 0 Å². The summed E-state index contributed by atoms with van der Waals surface area (Å²) in [6, 6.07) is 0. The molecule has 0 aliphatic rings. The highest BCUT2D eigenvalue weighted by Gasteiger charge is 1.96. The molecule has 0 amide bonds. The molecule has 0 unspecified atom stereocenters. The van der Waals surface area contributed by atoms with Crippen LogP contribution >= 0.6 is 0 Å². The zero-order chi connectivity index (χ0) is 15.6. The summed E-state index contributed by atoms with van der Waals surface area (Å²) in [6.45, 7) is 4.82. The van der Waals surface area contributed by atoms with E-state index in [1.54, 1.807) is 0 Å². The standard InChI is InChI=1S/C19H34O2/c1-3-5-7-9-10-11-12-14-16-18-21-19(20)17-15-13-8-6-4-2/h13-16H,3-12,17-18H2,1-2H3/b15-13+,16-14+. The Morgan fingerprint density at radius 2 is 1.38 bits per heavy atom. The van der Waals surface area contributed by atoms with Crippen LogP contribution in [0.5, 0.6) is 0 Å². The maximum atomic E-state index is 11.4. The molecule has 0 aliphatic carbocycles. The van der Waals surface area contributed by atoms with E-state index in [2.05, 4.69) is 26.0 Å². The first-order valence-electron chi connectivity index (χ1n) is 8.76. The molecular formula is C19H34O2. The molecular weight excluding hydrogens is 260 g/mol. The number of rotatable bonds is 14. The van der Waals surface area contributed by atoms with Crippen molar-refractivity contribution in [2.75, 3.05) is 6.61 Å². The predicted molar refractivity (Wildman–Crippen MR) is 91.4 cm³/mol. The number of carbonyl (C=O) groups excluding carboxylic acids is 1. The molecule has 0 aromatic rings. The third-order valence-corrected chi connectivity index (χ3v) is 3.41. The van der Waals surface area contributed by atoms with Crippen LogP contribution in [0.2, 0.25) is 0 Å². The van der Waals surface area contributed by atoms with E-state index in [1.165, 1.54) is 51.4 Å². The minimum Gasteiger partial charge on any atom is -0.461 e. The largest absolute Gasteiger partial charge is 0.461 e. The Kier molecular flexibility index (Phi) is 16.2. The Hall–Kier alpha value is -1.05. The fraction of sp³-hybridized carbons (Fsp3) is 0.737. The van der Waals surface area contributed by atoms with Crippen LogP contribution < -0.4 is 0 Å². The van der Waals surface area contributed by atoms with E-state index in [-0.39, 0.29) is 5.97 Å². The predicted octanol–water partition coefficient (Wildman–Crippen LogP) is 5.97. The Labute approximate surface area is 131 Å². The van der Waals surface area contributed by atoms with Gasteiger partial charge in [0.15, 0.2) is 0 Å². The molecule has 0 saturated heterocycles. The first kappa shape index (κ1) is 19.9. The molecule has 0 aliphatic heterocycles. The smallest absolute Gasteiger partial charge is 0.309 e. The quantitative estimate of drug-likeness (QED) is 0.224. The van der Waals surface area contributed by atoms with Crippen LogP contribution in [-0.4, -0.2) is 12.6 Å². The van der Waals surface area contributed by atoms with Crippen molar-refractivity contribution < 1.29 is 9.53 Å². The van der Waals surface area contributed by atoms with E-state index in [4.69, 9.17) is 4.74 Å². The second-order valence-electron chi connectivity index (χ2n) is 5.53. The molecule has 0 saturated carbocycles. The van der Waals surface area contributed by atoms with E-state index >= 15 is 0 Å². The lowest BCUT2D eigenvalue weighted by Gasteiger charge is -1.99. The van der Waals surface area contributed by atoms with Gasteiger partial charge in [0.25, 0.3) is 0 Å². The molecule has 0 atom stereocenters. The summed E-state index contributed by atoms with van der Waals surface area (Å²) < 4.78 is 5.13. The van der Waals surface area contributed by atoms with Gasteiger partial charge in [0.2, 0.25) is 0 Å². The van der Waals surface area contributed by atoms with Crippen LogP contribution in [0.4, 0.5) is 0 Å². The Balaban J connectivity index is 3.33. The number of hydrogen-bond donors (Lipinski definition) is 0. The number of esters is 1. The molecule has 0 N–H and O–H groups in total. The Bertz CT molecular complexity index is 279. The summed E-state index contributed by atoms with van der Waals surface area (Å²) in [5, 5.41) is 0. The molecule has 0 rings (SSSR count). The van der Waals surface area contributed by atoms with Crippen molar-refractivity contribution in [1.82, 2.24) is 0 Å². The van der Waals surface area contributed by atoms with Crippen LogP contribution in [-0.2, 0) is 9.53 Å². The summed E-state index contributed by atoms with van der Waals surface area (Å²) in [5.74, 6) is -0.132. The third kappa shape index (κ3) is 16.9. The molecule has 2 heteroatoms. The number of carbonyl (C=O) groups is 1. The number of hydrogen-bond acceptors (Lipinski definition) is 2. The van der Waals surface area contributed by atoms with Crippen molar-refractivity contribution in [1.29, 1.82) is 0 Å². The zero-order valence-corrected chi connectivity index (χ0v) is 14.1. The zero-order valence-electron chi connectivity index (χ0n) is 14.1. The fourth-order valence-corrected chi connectivity index (χ4v) is 2.05. The van der Waals surface area contributed by atoms with E-state index in [0.717, 1.165) is 12.8 Å². The molecule has 0 bridgehead atoms. The van der Waals surface area contributed by atoms with Gasteiger partial charge in [-0.1, -0.05) is 83.1 Å². The highest BCUT2D eigenvalue weighted by Crippen LogP contribution is 2.07. The maximum Gasteiger partial charge on any atom is 0.309 e. The van der Waals surface area contributed by atoms with Gasteiger partial charge < -0.3 is 4.74 Å². The average Bonchev–Trinajstić information content (AvgIpc) is 2.49. The molecule has 0 heterocycles. The number of ether oxygens (including phenoxy) is 1. The summed E-state index contributed by atoms with van der Waals surface area (Å²) >= 11 is 0. The lowest BCUT2D eigenvalue weighted by Crippen LogP contribution is -2.02. The van der Waals surface area contributed by atoms with Crippen molar-refractivity contribution in [3.05, 3.63) is 24.3 Å². The maximum absolute atomic E-state index is 11.4. The van der Waals surface area contributed by atoms with Crippen molar-refractivity contribution in [3.8, 4) is 0 Å². The van der Waals surface area contributed by atoms with Crippen LogP contribution in [0.3, 0.4) is 0 Å². The summed E-state index contributed by atoms with van der Waals surface area (Å²) in [7, 11) is 0. The van der Waals surface area contributed by atoms with Crippen LogP contribution in [0, 0.1) is 0 Å². The minimum absolute atomic E-state index is 0.132. The van der Waals surface area contributed by atoms with Gasteiger partial charge in [0, 0.05) is 0 Å². The van der Waals surface area contributed by atoms with E-state index in [9.17, 15) is 4.79 Å². The highest BCUT2D eigenvalue weighted by atomic mass is 16.5. The molecule has 2 nitrogen and oxygen atoms in total. The van der Waals surface area contributed by atoms with Gasteiger partial charge in [-0.2, -0.15) is 0 Å². The second kappa shape index (κ2) is 17.0. The van der Waals surface area contributed by atoms with E-state index in [0.29, 0.717) is 13.0 Å². The molecule has 122 valence electrons. The van der Waals surface area contributed by atoms with Gasteiger partial charge in [-0.3, -0.25) is 4.79 Å². The third-order valence-electron chi connectivity index (χ3n) is 3.41. The van der Waals surface area contributed by atoms with Gasteiger partial charge in [-0.05, 0) is 19.3 Å². The summed E-state index contributed by atoms with van der Waals surface area (Å²) in [5.41, 5.74) is 0. The first-order valence-corrected chi connectivity index (χ1v) is 8.76. The van der Waals surface area contributed by atoms with E-state index in [1.807, 2.05) is 12.2 Å². The fourth-order valence-electron chi connectivity index (χ4n) is 2.05. The van der Waals surface area contributed by atoms with Crippen molar-refractivity contribution >= 4 is 5.97 Å². The monoisotopic (exact) mass is 294 g/mol. The lowest BCUT2D eigenvalue weighted by molar-refractivity contribution is -0.141. The molecule has 0 spiro atoms. The van der Waals surface area contributed by atoms with Crippen molar-refractivity contribution in [2.24, 2.45) is 0 Å². The van der Waals surface area contributed by atoms with Gasteiger partial charge in [0.05, 0.1) is 6.42 Å².